The van der Waals surface area contributed by atoms with Crippen molar-refractivity contribution in [3.05, 3.63) is 72.9 Å². The maximum absolute atomic E-state index is 13.2. The number of nitrogens with one attached hydrogen (secondary N) is 1. The maximum Gasteiger partial charge on any atom is 0.306 e. The van der Waals surface area contributed by atoms with Gasteiger partial charge in [0.1, 0.15) is 6.10 Å². The van der Waals surface area contributed by atoms with Gasteiger partial charge in [-0.15, -0.1) is 0 Å². The lowest BCUT2D eigenvalue weighted by Gasteiger charge is -2.24. The molecule has 0 fully saturated rings. The van der Waals surface area contributed by atoms with E-state index < -0.39 is 18.2 Å². The summed E-state index contributed by atoms with van der Waals surface area (Å²) in [4.78, 5) is 26.1. The maximum atomic E-state index is 13.2. The summed E-state index contributed by atoms with van der Waals surface area (Å²) >= 11 is 0. The van der Waals surface area contributed by atoms with E-state index >= 15 is 0 Å². The van der Waals surface area contributed by atoms with E-state index in [9.17, 15) is 19.8 Å². The fourth-order valence-corrected chi connectivity index (χ4v) is 7.81. The predicted molar refractivity (Wildman–Crippen MR) is 273 cm³/mol. The van der Waals surface area contributed by atoms with E-state index in [2.05, 4.69) is 92.9 Å². The molecule has 0 heterocycles. The number of unbranched alkanes of at least 4 members (excludes halogenated alkanes) is 23. The highest BCUT2D eigenvalue weighted by atomic mass is 16.5. The van der Waals surface area contributed by atoms with Gasteiger partial charge in [-0.25, -0.2) is 0 Å². The van der Waals surface area contributed by atoms with Gasteiger partial charge in [-0.2, -0.15) is 0 Å². The van der Waals surface area contributed by atoms with Crippen LogP contribution in [0.5, 0.6) is 0 Å². The highest BCUT2D eigenvalue weighted by Gasteiger charge is 2.24. The van der Waals surface area contributed by atoms with E-state index in [-0.39, 0.29) is 31.3 Å². The largest absolute Gasteiger partial charge is 0.462 e. The standard InChI is InChI=1S/C57H101NO5/c1-4-7-10-13-16-19-22-24-26-27-28-29-30-32-35-38-41-44-47-50-57(62)63-53(48-45-42-39-36-34-31-25-23-20-17-14-11-8-5-2)51-56(61)58-54(52-59)55(60)49-46-43-40-37-33-21-18-15-12-9-6-3/h7,10,16,19,24,26,28-29,32,35,41,44,53-55,59-60H,4-6,8-9,11-15,17-18,20-23,25,27,30-31,33-34,36-40,42-43,45-52H2,1-3H3,(H,58,61)/b10-7-,19-16-,26-24-,29-28-,35-32-,44-41-. The van der Waals surface area contributed by atoms with Gasteiger partial charge in [-0.05, 0) is 64.2 Å². The Bertz CT molecular complexity index is 1170. The number of esters is 1. The van der Waals surface area contributed by atoms with Gasteiger partial charge in [0.15, 0.2) is 0 Å². The first kappa shape index (κ1) is 60.3. The molecule has 0 aromatic rings. The molecule has 3 N–H and O–H groups in total. The van der Waals surface area contributed by atoms with E-state index in [1.165, 1.54) is 122 Å². The first-order valence-electron chi connectivity index (χ1n) is 26.7. The van der Waals surface area contributed by atoms with Crippen LogP contribution in [0.3, 0.4) is 0 Å². The van der Waals surface area contributed by atoms with Crippen molar-refractivity contribution in [2.45, 2.75) is 270 Å². The van der Waals surface area contributed by atoms with Crippen molar-refractivity contribution in [3.8, 4) is 0 Å². The van der Waals surface area contributed by atoms with Crippen LogP contribution in [0.15, 0.2) is 72.9 Å². The monoisotopic (exact) mass is 880 g/mol. The summed E-state index contributed by atoms with van der Waals surface area (Å²) in [5.74, 6) is -0.569. The Morgan fingerprint density at radius 3 is 1.21 bits per heavy atom. The Hall–Kier alpha value is -2.70. The molecule has 3 unspecified atom stereocenters. The molecule has 6 nitrogen and oxygen atoms in total. The molecule has 0 aliphatic carbocycles. The Morgan fingerprint density at radius 1 is 0.476 bits per heavy atom. The van der Waals surface area contributed by atoms with Crippen LogP contribution in [0, 0.1) is 0 Å². The lowest BCUT2D eigenvalue weighted by atomic mass is 10.0. The van der Waals surface area contributed by atoms with Crippen molar-refractivity contribution in [2.24, 2.45) is 0 Å². The summed E-state index contributed by atoms with van der Waals surface area (Å²) in [6.07, 6.45) is 64.0. The van der Waals surface area contributed by atoms with E-state index in [0.29, 0.717) is 19.3 Å². The van der Waals surface area contributed by atoms with Gasteiger partial charge in [-0.3, -0.25) is 9.59 Å². The van der Waals surface area contributed by atoms with Crippen LogP contribution < -0.4 is 5.32 Å². The van der Waals surface area contributed by atoms with E-state index in [1.807, 2.05) is 6.08 Å². The molecule has 0 rings (SSSR count). The number of ether oxygens (including phenoxy) is 1. The molecule has 1 amide bonds. The molecule has 63 heavy (non-hydrogen) atoms. The van der Waals surface area contributed by atoms with Crippen LogP contribution >= 0.6 is 0 Å². The Labute approximate surface area is 390 Å². The molecule has 0 aliphatic heterocycles. The number of carbonyl (C=O) groups excluding carboxylic acids is 2. The van der Waals surface area contributed by atoms with Crippen molar-refractivity contribution < 1.29 is 24.5 Å². The van der Waals surface area contributed by atoms with Crippen LogP contribution in [-0.2, 0) is 14.3 Å². The normalized spacial score (nSPS) is 13.8. The Balaban J connectivity index is 4.68. The van der Waals surface area contributed by atoms with Crippen molar-refractivity contribution in [3.63, 3.8) is 0 Å². The molecule has 0 saturated carbocycles. The topological polar surface area (TPSA) is 95.9 Å². The summed E-state index contributed by atoms with van der Waals surface area (Å²) in [6, 6.07) is -0.717. The lowest BCUT2D eigenvalue weighted by molar-refractivity contribution is -0.150. The Morgan fingerprint density at radius 2 is 0.825 bits per heavy atom. The first-order valence-corrected chi connectivity index (χ1v) is 26.7. The van der Waals surface area contributed by atoms with Crippen molar-refractivity contribution in [1.29, 1.82) is 0 Å². The summed E-state index contributed by atoms with van der Waals surface area (Å²) in [5, 5.41) is 23.7. The van der Waals surface area contributed by atoms with Gasteiger partial charge in [-0.1, -0.05) is 248 Å². The zero-order chi connectivity index (χ0) is 45.9. The number of hydrogen-bond acceptors (Lipinski definition) is 5. The van der Waals surface area contributed by atoms with Crippen LogP contribution in [-0.4, -0.2) is 46.9 Å². The van der Waals surface area contributed by atoms with Gasteiger partial charge >= 0.3 is 5.97 Å². The lowest BCUT2D eigenvalue weighted by Crippen LogP contribution is -2.46. The molecule has 0 spiro atoms. The van der Waals surface area contributed by atoms with Gasteiger partial charge in [0.2, 0.25) is 5.91 Å². The summed E-state index contributed by atoms with van der Waals surface area (Å²) in [7, 11) is 0. The minimum absolute atomic E-state index is 0.0474. The van der Waals surface area contributed by atoms with Gasteiger partial charge in [0, 0.05) is 6.42 Å². The molecular weight excluding hydrogens is 779 g/mol. The average molecular weight is 880 g/mol. The van der Waals surface area contributed by atoms with Gasteiger partial charge in [0.25, 0.3) is 0 Å². The highest BCUT2D eigenvalue weighted by Crippen LogP contribution is 2.18. The second-order valence-electron chi connectivity index (χ2n) is 17.9. The fraction of sp³-hybridized carbons (Fsp3) is 0.754. The highest BCUT2D eigenvalue weighted by molar-refractivity contribution is 5.77. The average Bonchev–Trinajstić information content (AvgIpc) is 3.28. The number of carbonyl (C=O) groups is 2. The number of hydrogen-bond donors (Lipinski definition) is 3. The molecule has 0 saturated heterocycles. The molecule has 364 valence electrons. The molecule has 6 heteroatoms. The number of amides is 1. The molecular formula is C57H101NO5. The van der Waals surface area contributed by atoms with Crippen LogP contribution in [0.1, 0.15) is 252 Å². The second kappa shape index (κ2) is 50.3. The number of rotatable bonds is 47. The summed E-state index contributed by atoms with van der Waals surface area (Å²) < 4.78 is 5.90. The number of aliphatic hydroxyl groups excluding tert-OH is 2. The molecule has 0 aromatic heterocycles. The van der Waals surface area contributed by atoms with Crippen molar-refractivity contribution in [2.75, 3.05) is 6.61 Å². The molecule has 0 radical (unpaired) electrons. The summed E-state index contributed by atoms with van der Waals surface area (Å²) in [5.41, 5.74) is 0. The van der Waals surface area contributed by atoms with E-state index in [0.717, 1.165) is 77.0 Å². The summed E-state index contributed by atoms with van der Waals surface area (Å²) in [6.45, 7) is 6.35. The quantitative estimate of drug-likeness (QED) is 0.0321. The minimum Gasteiger partial charge on any atom is -0.462 e. The Kier molecular flexibility index (Phi) is 48.1. The second-order valence-corrected chi connectivity index (χ2v) is 17.9. The predicted octanol–water partition coefficient (Wildman–Crippen LogP) is 16.2. The zero-order valence-corrected chi connectivity index (χ0v) is 41.4. The van der Waals surface area contributed by atoms with Crippen molar-refractivity contribution in [1.82, 2.24) is 5.32 Å². The zero-order valence-electron chi connectivity index (χ0n) is 41.4. The third-order valence-electron chi connectivity index (χ3n) is 11.8. The molecule has 0 bridgehead atoms. The molecule has 3 atom stereocenters. The number of aliphatic hydroxyl groups is 2. The number of allylic oxidation sites excluding steroid dienone is 12. The van der Waals surface area contributed by atoms with Crippen LogP contribution in [0.25, 0.3) is 0 Å². The fourth-order valence-electron chi connectivity index (χ4n) is 7.81. The third-order valence-corrected chi connectivity index (χ3v) is 11.8. The third kappa shape index (κ3) is 45.7. The van der Waals surface area contributed by atoms with Crippen molar-refractivity contribution >= 4 is 11.9 Å². The van der Waals surface area contributed by atoms with Crippen LogP contribution in [0.4, 0.5) is 0 Å². The SMILES string of the molecule is CC/C=C\C/C=C\C/C=C\C/C=C\C/C=C\C/C=C\CCC(=O)OC(CCCCCCCCCCCCCCCC)CC(=O)NC(CO)C(O)CCCCCCCCCCCCC. The van der Waals surface area contributed by atoms with Gasteiger partial charge < -0.3 is 20.3 Å². The van der Waals surface area contributed by atoms with Gasteiger partial charge in [0.05, 0.1) is 25.2 Å². The van der Waals surface area contributed by atoms with E-state index in [4.69, 9.17) is 4.74 Å². The molecule has 0 aromatic carbocycles. The van der Waals surface area contributed by atoms with E-state index in [1.54, 1.807) is 0 Å². The minimum atomic E-state index is -0.800. The first-order chi connectivity index (χ1) is 31.0. The van der Waals surface area contributed by atoms with Crippen LogP contribution in [0.2, 0.25) is 0 Å². The smallest absolute Gasteiger partial charge is 0.306 e. The molecule has 0 aliphatic rings.